The standard InChI is InChI=1S/C16H14O5.C12H17N3O/c17-16(18)15-10-20-13-7-6-12(8-14(13)21-15)19-9-11-4-2-1-3-5-11;13-12(16)11-3-1-10(2-4-11)9-15-7-5-14-6-8-15/h1-8,15H,9-10H2,(H,17,18);1-4,14H,5-9H2,(H2,13,16). The highest BCUT2D eigenvalue weighted by molar-refractivity contribution is 5.92. The van der Waals surface area contributed by atoms with E-state index in [0.717, 1.165) is 38.3 Å². The van der Waals surface area contributed by atoms with Gasteiger partial charge in [0, 0.05) is 44.4 Å². The number of ether oxygens (including phenoxy) is 3. The second kappa shape index (κ2) is 12.8. The summed E-state index contributed by atoms with van der Waals surface area (Å²) in [6, 6.07) is 22.4. The zero-order valence-corrected chi connectivity index (χ0v) is 20.5. The molecule has 3 aromatic carbocycles. The molecule has 1 saturated heterocycles. The van der Waals surface area contributed by atoms with Crippen molar-refractivity contribution in [1.29, 1.82) is 0 Å². The second-order valence-corrected chi connectivity index (χ2v) is 8.73. The summed E-state index contributed by atoms with van der Waals surface area (Å²) in [6.45, 7) is 5.66. The molecule has 9 heteroatoms. The van der Waals surface area contributed by atoms with E-state index in [-0.39, 0.29) is 12.5 Å². The number of rotatable bonds is 7. The lowest BCUT2D eigenvalue weighted by Gasteiger charge is -2.27. The molecule has 3 aromatic rings. The maximum Gasteiger partial charge on any atom is 0.348 e. The van der Waals surface area contributed by atoms with Gasteiger partial charge in [0.25, 0.3) is 0 Å². The molecule has 9 nitrogen and oxygen atoms in total. The molecule has 0 saturated carbocycles. The minimum atomic E-state index is -1.05. The summed E-state index contributed by atoms with van der Waals surface area (Å²) in [6.07, 6.45) is -0.984. The van der Waals surface area contributed by atoms with Crippen molar-refractivity contribution in [2.75, 3.05) is 32.8 Å². The van der Waals surface area contributed by atoms with Gasteiger partial charge in [0.1, 0.15) is 19.0 Å². The number of piperazine rings is 1. The topological polar surface area (TPSA) is 123 Å². The van der Waals surface area contributed by atoms with Gasteiger partial charge in [-0.1, -0.05) is 42.5 Å². The van der Waals surface area contributed by atoms with Crippen molar-refractivity contribution in [2.45, 2.75) is 19.3 Å². The number of hydrogen-bond acceptors (Lipinski definition) is 7. The minimum absolute atomic E-state index is 0.00650. The summed E-state index contributed by atoms with van der Waals surface area (Å²) in [5.41, 5.74) is 8.04. The van der Waals surface area contributed by atoms with Crippen LogP contribution in [0.4, 0.5) is 0 Å². The molecule has 2 heterocycles. The number of hydrogen-bond donors (Lipinski definition) is 3. The largest absolute Gasteiger partial charge is 0.489 e. The molecule has 0 aliphatic carbocycles. The van der Waals surface area contributed by atoms with Crippen LogP contribution in [0, 0.1) is 0 Å². The van der Waals surface area contributed by atoms with Crippen LogP contribution in [-0.2, 0) is 17.9 Å². The SMILES string of the molecule is NC(=O)c1ccc(CN2CCNCC2)cc1.O=C(O)C1COc2ccc(OCc3ccccc3)cc2O1. The highest BCUT2D eigenvalue weighted by Gasteiger charge is 2.27. The summed E-state index contributed by atoms with van der Waals surface area (Å²) in [5.74, 6) is 0.107. The van der Waals surface area contributed by atoms with Crippen LogP contribution in [0.5, 0.6) is 17.2 Å². The Kier molecular flexibility index (Phi) is 8.96. The third-order valence-electron chi connectivity index (χ3n) is 5.95. The molecule has 0 spiro atoms. The van der Waals surface area contributed by atoms with Crippen LogP contribution in [0.2, 0.25) is 0 Å². The summed E-state index contributed by atoms with van der Waals surface area (Å²) < 4.78 is 16.4. The first-order valence-electron chi connectivity index (χ1n) is 12.1. The molecule has 1 fully saturated rings. The Hall–Kier alpha value is -4.08. The molecule has 1 atom stereocenters. The molecular weight excluding hydrogens is 474 g/mol. The van der Waals surface area contributed by atoms with E-state index in [9.17, 15) is 9.59 Å². The monoisotopic (exact) mass is 505 g/mol. The van der Waals surface area contributed by atoms with Gasteiger partial charge >= 0.3 is 5.97 Å². The quantitative estimate of drug-likeness (QED) is 0.448. The second-order valence-electron chi connectivity index (χ2n) is 8.73. The Morgan fingerprint density at radius 3 is 2.38 bits per heavy atom. The first kappa shape index (κ1) is 26.0. The highest BCUT2D eigenvalue weighted by atomic mass is 16.6. The van der Waals surface area contributed by atoms with Gasteiger partial charge in [-0.3, -0.25) is 9.69 Å². The van der Waals surface area contributed by atoms with Crippen LogP contribution in [0.25, 0.3) is 0 Å². The lowest BCUT2D eigenvalue weighted by Crippen LogP contribution is -2.42. The highest BCUT2D eigenvalue weighted by Crippen LogP contribution is 2.35. The molecule has 0 bridgehead atoms. The Bertz CT molecular complexity index is 1180. The Morgan fingerprint density at radius 2 is 1.70 bits per heavy atom. The number of aliphatic carboxylic acids is 1. The number of primary amides is 1. The van der Waals surface area contributed by atoms with E-state index in [1.165, 1.54) is 5.56 Å². The van der Waals surface area contributed by atoms with Crippen LogP contribution >= 0.6 is 0 Å². The van der Waals surface area contributed by atoms with Gasteiger partial charge in [-0.25, -0.2) is 4.79 Å². The number of benzene rings is 3. The number of nitrogens with one attached hydrogen (secondary N) is 1. The number of fused-ring (bicyclic) bond motifs is 1. The number of carbonyl (C=O) groups is 2. The first-order valence-corrected chi connectivity index (χ1v) is 12.1. The molecule has 1 unspecified atom stereocenters. The number of carboxylic acids is 1. The Labute approximate surface area is 215 Å². The van der Waals surface area contributed by atoms with Crippen molar-refractivity contribution in [3.8, 4) is 17.2 Å². The van der Waals surface area contributed by atoms with Gasteiger partial charge in [-0.2, -0.15) is 0 Å². The fourth-order valence-corrected chi connectivity index (χ4v) is 3.91. The molecule has 194 valence electrons. The molecule has 4 N–H and O–H groups in total. The third kappa shape index (κ3) is 7.70. The number of carbonyl (C=O) groups excluding carboxylic acids is 1. The summed E-state index contributed by atoms with van der Waals surface area (Å²) in [5, 5.41) is 12.3. The maximum absolute atomic E-state index is 10.9. The summed E-state index contributed by atoms with van der Waals surface area (Å²) in [7, 11) is 0. The zero-order valence-electron chi connectivity index (χ0n) is 20.5. The van der Waals surface area contributed by atoms with Crippen LogP contribution < -0.4 is 25.3 Å². The molecular formula is C28H31N3O6. The van der Waals surface area contributed by atoms with Crippen molar-refractivity contribution in [3.05, 3.63) is 89.5 Å². The van der Waals surface area contributed by atoms with Crippen molar-refractivity contribution >= 4 is 11.9 Å². The predicted octanol–water partition coefficient (Wildman–Crippen LogP) is 2.68. The lowest BCUT2D eigenvalue weighted by atomic mass is 10.1. The van der Waals surface area contributed by atoms with Crippen LogP contribution in [0.1, 0.15) is 21.5 Å². The molecule has 2 aliphatic heterocycles. The van der Waals surface area contributed by atoms with Gasteiger partial charge in [0.2, 0.25) is 12.0 Å². The Morgan fingerprint density at radius 1 is 0.973 bits per heavy atom. The molecule has 2 aliphatic rings. The van der Waals surface area contributed by atoms with E-state index in [1.54, 1.807) is 30.3 Å². The van der Waals surface area contributed by atoms with Crippen LogP contribution in [0.3, 0.4) is 0 Å². The van der Waals surface area contributed by atoms with Crippen molar-refractivity contribution < 1.29 is 28.9 Å². The normalized spacial score (nSPS) is 16.7. The summed E-state index contributed by atoms with van der Waals surface area (Å²) >= 11 is 0. The van der Waals surface area contributed by atoms with Gasteiger partial charge in [-0.05, 0) is 35.4 Å². The van der Waals surface area contributed by atoms with E-state index in [1.807, 2.05) is 42.5 Å². The molecule has 5 rings (SSSR count). The van der Waals surface area contributed by atoms with Gasteiger partial charge in [0.15, 0.2) is 11.5 Å². The van der Waals surface area contributed by atoms with Crippen LogP contribution in [0.15, 0.2) is 72.8 Å². The van der Waals surface area contributed by atoms with E-state index in [0.29, 0.717) is 29.4 Å². The fraction of sp³-hybridized carbons (Fsp3) is 0.286. The van der Waals surface area contributed by atoms with Crippen molar-refractivity contribution in [2.24, 2.45) is 5.73 Å². The molecule has 37 heavy (non-hydrogen) atoms. The van der Waals surface area contributed by atoms with Crippen molar-refractivity contribution in [1.82, 2.24) is 10.2 Å². The number of amides is 1. The molecule has 1 amide bonds. The molecule has 0 aromatic heterocycles. The number of nitrogens with two attached hydrogens (primary N) is 1. The molecule has 0 radical (unpaired) electrons. The lowest BCUT2D eigenvalue weighted by molar-refractivity contribution is -0.147. The zero-order chi connectivity index (χ0) is 26.0. The van der Waals surface area contributed by atoms with Gasteiger partial charge in [-0.15, -0.1) is 0 Å². The van der Waals surface area contributed by atoms with E-state index in [4.69, 9.17) is 25.1 Å². The van der Waals surface area contributed by atoms with Crippen LogP contribution in [-0.4, -0.2) is 60.8 Å². The van der Waals surface area contributed by atoms with Crippen molar-refractivity contribution in [3.63, 3.8) is 0 Å². The Balaban J connectivity index is 0.000000180. The maximum atomic E-state index is 10.9. The number of nitrogens with zero attached hydrogens (tertiary/aromatic N) is 1. The minimum Gasteiger partial charge on any atom is -0.489 e. The average molecular weight is 506 g/mol. The van der Waals surface area contributed by atoms with Gasteiger partial charge < -0.3 is 30.4 Å². The fourth-order valence-electron chi connectivity index (χ4n) is 3.91. The van der Waals surface area contributed by atoms with E-state index < -0.39 is 12.1 Å². The third-order valence-corrected chi connectivity index (χ3v) is 5.95. The van der Waals surface area contributed by atoms with E-state index >= 15 is 0 Å². The van der Waals surface area contributed by atoms with Gasteiger partial charge in [0.05, 0.1) is 0 Å². The average Bonchev–Trinajstić information content (AvgIpc) is 2.93. The smallest absolute Gasteiger partial charge is 0.348 e. The predicted molar refractivity (Wildman–Crippen MR) is 138 cm³/mol. The summed E-state index contributed by atoms with van der Waals surface area (Å²) in [4.78, 5) is 24.2. The van der Waals surface area contributed by atoms with E-state index in [2.05, 4.69) is 10.2 Å². The number of carboxylic acid groups (broad SMARTS) is 1. The first-order chi connectivity index (χ1) is 18.0.